The third-order valence-corrected chi connectivity index (χ3v) is 5.10. The minimum absolute atomic E-state index is 0.102. The Balaban J connectivity index is 1.79. The molecule has 29 heavy (non-hydrogen) atoms. The van der Waals surface area contributed by atoms with Gasteiger partial charge in [0.25, 0.3) is 0 Å². The summed E-state index contributed by atoms with van der Waals surface area (Å²) in [5.74, 6) is 1.17. The number of aromatic hydroxyl groups is 1. The summed E-state index contributed by atoms with van der Waals surface area (Å²) in [6, 6.07) is 6.54. The van der Waals surface area contributed by atoms with E-state index in [2.05, 4.69) is 15.2 Å². The van der Waals surface area contributed by atoms with Gasteiger partial charge in [0.1, 0.15) is 5.52 Å². The molecule has 3 aromatic heterocycles. The van der Waals surface area contributed by atoms with Crippen molar-refractivity contribution in [3.05, 3.63) is 40.7 Å². The number of rotatable bonds is 2. The lowest BCUT2D eigenvalue weighted by atomic mass is 10.0. The number of aromatic nitrogens is 3. The van der Waals surface area contributed by atoms with Crippen molar-refractivity contribution in [1.82, 2.24) is 15.2 Å². The number of phenols is 1. The second-order valence-corrected chi connectivity index (χ2v) is 6.64. The third kappa shape index (κ3) is 2.03. The number of fused-ring (bicyclic) bond motifs is 5. The zero-order valence-corrected chi connectivity index (χ0v) is 15.0. The fourth-order valence-corrected chi connectivity index (χ4v) is 3.78. The fraction of sp³-hybridized carbons (Fsp3) is 0.100. The van der Waals surface area contributed by atoms with Gasteiger partial charge in [-0.25, -0.2) is 4.98 Å². The van der Waals surface area contributed by atoms with E-state index in [4.69, 9.17) is 18.6 Å². The van der Waals surface area contributed by atoms with E-state index in [0.29, 0.717) is 44.9 Å². The lowest BCUT2D eigenvalue weighted by molar-refractivity contribution is 0.171. The summed E-state index contributed by atoms with van der Waals surface area (Å²) in [6.45, 7) is 0.110. The first-order chi connectivity index (χ1) is 14.2. The van der Waals surface area contributed by atoms with Gasteiger partial charge in [0.2, 0.25) is 23.7 Å². The fourth-order valence-electron chi connectivity index (χ4n) is 3.78. The molecular weight excluding hydrogens is 378 g/mol. The highest BCUT2D eigenvalue weighted by Gasteiger charge is 2.25. The first-order valence-electron chi connectivity index (χ1n) is 8.77. The second-order valence-electron chi connectivity index (χ2n) is 6.64. The molecule has 0 atom stereocenters. The molecule has 1 aliphatic heterocycles. The van der Waals surface area contributed by atoms with Crippen LogP contribution in [0.15, 0.2) is 39.7 Å². The molecule has 0 radical (unpaired) electrons. The van der Waals surface area contributed by atoms with Gasteiger partial charge in [-0.1, -0.05) is 0 Å². The van der Waals surface area contributed by atoms with Gasteiger partial charge in [0.15, 0.2) is 28.3 Å². The molecular formula is C20H13N3O6. The molecule has 9 heteroatoms. The maximum Gasteiger partial charge on any atom is 0.231 e. The van der Waals surface area contributed by atoms with Crippen molar-refractivity contribution in [3.8, 4) is 34.1 Å². The Bertz CT molecular complexity index is 1510. The molecule has 4 heterocycles. The number of pyridine rings is 1. The normalized spacial score (nSPS) is 13.0. The highest BCUT2D eigenvalue weighted by atomic mass is 16.7. The lowest BCUT2D eigenvalue weighted by Crippen LogP contribution is -1.95. The highest BCUT2D eigenvalue weighted by Crippen LogP contribution is 2.47. The summed E-state index contributed by atoms with van der Waals surface area (Å²) >= 11 is 0. The van der Waals surface area contributed by atoms with Crippen molar-refractivity contribution in [2.24, 2.45) is 0 Å². The number of nitrogens with one attached hydrogen (secondary N) is 2. The van der Waals surface area contributed by atoms with E-state index in [-0.39, 0.29) is 12.4 Å². The molecule has 9 nitrogen and oxygen atoms in total. The van der Waals surface area contributed by atoms with Crippen LogP contribution in [0.5, 0.6) is 23.0 Å². The standard InChI is InChI=1S/C20H13N3O6/c1-26-12-4-8(5-13-18(12)28-7-27-13)14-10-6-21-23-20(10)22-15-9-2-3-11(24)16(25)17(9)29-19(14)15/h2-6,25H,7H2,1H3,(H2,21,22,23). The van der Waals surface area contributed by atoms with E-state index in [1.807, 2.05) is 12.1 Å². The molecule has 0 saturated heterocycles. The van der Waals surface area contributed by atoms with E-state index >= 15 is 0 Å². The topological polar surface area (TPSA) is 123 Å². The molecule has 5 aromatic rings. The number of methoxy groups -OCH3 is 1. The molecule has 0 aliphatic carbocycles. The summed E-state index contributed by atoms with van der Waals surface area (Å²) in [7, 11) is 1.55. The molecule has 144 valence electrons. The van der Waals surface area contributed by atoms with Gasteiger partial charge in [-0.2, -0.15) is 0 Å². The molecule has 0 fully saturated rings. The van der Waals surface area contributed by atoms with Gasteiger partial charge in [-0.15, -0.1) is 0 Å². The van der Waals surface area contributed by atoms with Crippen molar-refractivity contribution in [1.29, 1.82) is 0 Å². The number of ether oxygens (including phenoxy) is 3. The van der Waals surface area contributed by atoms with Crippen LogP contribution < -0.4 is 19.6 Å². The number of hydrogen-bond acceptors (Lipinski definition) is 7. The van der Waals surface area contributed by atoms with Gasteiger partial charge in [0, 0.05) is 17.1 Å². The van der Waals surface area contributed by atoms with E-state index in [9.17, 15) is 9.90 Å². The maximum atomic E-state index is 11.9. The van der Waals surface area contributed by atoms with E-state index in [1.165, 1.54) is 6.07 Å². The Labute approximate surface area is 161 Å². The Morgan fingerprint density at radius 3 is 2.93 bits per heavy atom. The molecule has 0 bridgehead atoms. The average molecular weight is 391 g/mol. The predicted molar refractivity (Wildman–Crippen MR) is 104 cm³/mol. The van der Waals surface area contributed by atoms with Gasteiger partial charge >= 0.3 is 0 Å². The maximum absolute atomic E-state index is 11.9. The van der Waals surface area contributed by atoms with Crippen LogP contribution in [0.2, 0.25) is 0 Å². The molecule has 0 saturated carbocycles. The Morgan fingerprint density at radius 2 is 2.07 bits per heavy atom. The number of H-pyrrole nitrogens is 2. The average Bonchev–Trinajstić information content (AvgIpc) is 3.46. The van der Waals surface area contributed by atoms with Crippen LogP contribution >= 0.6 is 0 Å². The van der Waals surface area contributed by atoms with Crippen LogP contribution in [0, 0.1) is 0 Å². The Hall–Kier alpha value is -4.14. The van der Waals surface area contributed by atoms with Gasteiger partial charge in [0.05, 0.1) is 12.5 Å². The van der Waals surface area contributed by atoms with Gasteiger partial charge in [-0.05, 0) is 29.8 Å². The highest BCUT2D eigenvalue weighted by molar-refractivity contribution is 6.15. The summed E-state index contributed by atoms with van der Waals surface area (Å²) in [5.41, 5.74) is 2.59. The third-order valence-electron chi connectivity index (χ3n) is 5.10. The van der Waals surface area contributed by atoms with Crippen LogP contribution in [0.1, 0.15) is 0 Å². The van der Waals surface area contributed by atoms with E-state index in [0.717, 1.165) is 10.9 Å². The van der Waals surface area contributed by atoms with E-state index < -0.39 is 11.2 Å². The number of phenolic OH excluding ortho intramolecular Hbond substituents is 1. The first-order valence-corrected chi connectivity index (χ1v) is 8.77. The quantitative estimate of drug-likeness (QED) is 0.422. The minimum atomic E-state index is -0.512. The van der Waals surface area contributed by atoms with Crippen LogP contribution in [-0.2, 0) is 0 Å². The van der Waals surface area contributed by atoms with Crippen molar-refractivity contribution in [2.45, 2.75) is 0 Å². The Morgan fingerprint density at radius 1 is 1.17 bits per heavy atom. The molecule has 3 N–H and O–H groups in total. The summed E-state index contributed by atoms with van der Waals surface area (Å²) < 4.78 is 22.5. The summed E-state index contributed by atoms with van der Waals surface area (Å²) in [6.07, 6.45) is 1.76. The number of nitrogens with zero attached hydrogens (tertiary/aromatic N) is 1. The number of hydrogen-bond donors (Lipinski definition) is 3. The minimum Gasteiger partial charge on any atom is -0.502 e. The molecule has 2 aromatic carbocycles. The SMILES string of the molecule is COc1cc(-c2c3c[nH][nH]c3nc3c2oc2c(O)c(=O)ccc23)cc2c1OCO2. The monoisotopic (exact) mass is 391 g/mol. The molecule has 0 unspecified atom stereocenters. The van der Waals surface area contributed by atoms with Crippen molar-refractivity contribution in [3.63, 3.8) is 0 Å². The largest absolute Gasteiger partial charge is 0.502 e. The number of aromatic amines is 2. The van der Waals surface area contributed by atoms with Gasteiger partial charge < -0.3 is 28.8 Å². The first kappa shape index (κ1) is 15.9. The molecule has 6 rings (SSSR count). The van der Waals surface area contributed by atoms with Crippen LogP contribution in [-0.4, -0.2) is 34.2 Å². The predicted octanol–water partition coefficient (Wildman–Crippen LogP) is 3.26. The molecule has 0 spiro atoms. The molecule has 0 amide bonds. The summed E-state index contributed by atoms with van der Waals surface area (Å²) in [4.78, 5) is 16.5. The van der Waals surface area contributed by atoms with Crippen LogP contribution in [0.25, 0.3) is 44.2 Å². The number of benzene rings is 2. The van der Waals surface area contributed by atoms with Gasteiger partial charge in [-0.3, -0.25) is 9.89 Å². The molecule has 1 aliphatic rings. The Kier molecular flexibility index (Phi) is 2.98. The van der Waals surface area contributed by atoms with Crippen molar-refractivity contribution < 1.29 is 23.7 Å². The van der Waals surface area contributed by atoms with E-state index in [1.54, 1.807) is 19.4 Å². The number of furan rings is 1. The smallest absolute Gasteiger partial charge is 0.231 e. The van der Waals surface area contributed by atoms with Crippen LogP contribution in [0.4, 0.5) is 0 Å². The van der Waals surface area contributed by atoms with Crippen LogP contribution in [0.3, 0.4) is 0 Å². The van der Waals surface area contributed by atoms with Crippen molar-refractivity contribution >= 4 is 33.1 Å². The zero-order valence-electron chi connectivity index (χ0n) is 15.0. The second kappa shape index (κ2) is 5.44. The summed E-state index contributed by atoms with van der Waals surface area (Å²) in [5, 5.41) is 17.5. The van der Waals surface area contributed by atoms with Crippen molar-refractivity contribution in [2.75, 3.05) is 13.9 Å². The zero-order chi connectivity index (χ0) is 19.7. The lowest BCUT2D eigenvalue weighted by Gasteiger charge is -2.09.